The van der Waals surface area contributed by atoms with Crippen molar-refractivity contribution >= 4 is 22.2 Å². The van der Waals surface area contributed by atoms with Crippen molar-refractivity contribution in [2.75, 3.05) is 13.9 Å². The molecule has 0 saturated carbocycles. The van der Waals surface area contributed by atoms with E-state index in [2.05, 4.69) is 20.7 Å². The van der Waals surface area contributed by atoms with E-state index in [4.69, 9.17) is 4.74 Å². The summed E-state index contributed by atoms with van der Waals surface area (Å²) in [6.45, 7) is -0.0457. The number of methoxy groups -OCH3 is 1. The summed E-state index contributed by atoms with van der Waals surface area (Å²) in [5.41, 5.74) is 0.249. The maximum absolute atomic E-state index is 13.3. The zero-order valence-electron chi connectivity index (χ0n) is 7.42. The van der Waals surface area contributed by atoms with Gasteiger partial charge in [-0.05, 0) is 28.1 Å². The molecule has 0 fully saturated rings. The van der Waals surface area contributed by atoms with Gasteiger partial charge in [-0.2, -0.15) is 0 Å². The molecule has 5 heteroatoms. The van der Waals surface area contributed by atoms with Crippen LogP contribution in [0, 0.1) is 5.82 Å². The van der Waals surface area contributed by atoms with Crippen LogP contribution in [-0.4, -0.2) is 20.2 Å². The highest BCUT2D eigenvalue weighted by molar-refractivity contribution is 9.10. The third-order valence-corrected chi connectivity index (χ3v) is 2.07. The molecule has 0 unspecified atom stereocenters. The Hall–Kier alpha value is -0.940. The van der Waals surface area contributed by atoms with E-state index in [1.165, 1.54) is 13.2 Å². The second-order valence-electron chi connectivity index (χ2n) is 2.48. The Morgan fingerprint density at radius 3 is 2.79 bits per heavy atom. The van der Waals surface area contributed by atoms with Crippen LogP contribution in [0.25, 0.3) is 0 Å². The van der Waals surface area contributed by atoms with Crippen molar-refractivity contribution in [2.24, 2.45) is 0 Å². The Morgan fingerprint density at radius 1 is 1.57 bits per heavy atom. The van der Waals surface area contributed by atoms with Gasteiger partial charge in [0.15, 0.2) is 18.4 Å². The minimum Gasteiger partial charge on any atom is -0.463 e. The highest BCUT2D eigenvalue weighted by atomic mass is 79.9. The molecule has 0 spiro atoms. The van der Waals surface area contributed by atoms with E-state index in [0.29, 0.717) is 10.8 Å². The Labute approximate surface area is 88.9 Å². The van der Waals surface area contributed by atoms with Gasteiger partial charge < -0.3 is 9.47 Å². The second-order valence-corrected chi connectivity index (χ2v) is 3.34. The van der Waals surface area contributed by atoms with Crippen LogP contribution in [0.15, 0.2) is 16.6 Å². The molecule has 0 heterocycles. The van der Waals surface area contributed by atoms with Gasteiger partial charge in [0.1, 0.15) is 6.29 Å². The first-order chi connectivity index (χ1) is 6.69. The van der Waals surface area contributed by atoms with Gasteiger partial charge >= 0.3 is 0 Å². The van der Waals surface area contributed by atoms with Crippen LogP contribution in [-0.2, 0) is 4.74 Å². The largest absolute Gasteiger partial charge is 0.463 e. The van der Waals surface area contributed by atoms with Gasteiger partial charge in [0.05, 0.1) is 4.47 Å². The van der Waals surface area contributed by atoms with Crippen LogP contribution in [0.1, 0.15) is 10.4 Å². The minimum absolute atomic E-state index is 0.0393. The number of hydrogen-bond donors (Lipinski definition) is 0. The predicted molar refractivity (Wildman–Crippen MR) is 52.0 cm³/mol. The Balaban J connectivity index is 2.99. The third-order valence-electron chi connectivity index (χ3n) is 1.48. The lowest BCUT2D eigenvalue weighted by Crippen LogP contribution is -2.02. The molecule has 3 nitrogen and oxygen atoms in total. The quantitative estimate of drug-likeness (QED) is 0.618. The lowest BCUT2D eigenvalue weighted by atomic mass is 10.2. The Bertz CT molecular complexity index is 318. The van der Waals surface area contributed by atoms with E-state index >= 15 is 0 Å². The second kappa shape index (κ2) is 5.07. The van der Waals surface area contributed by atoms with E-state index < -0.39 is 5.82 Å². The molecular formula is C9H8BrFO3. The molecular weight excluding hydrogens is 255 g/mol. The van der Waals surface area contributed by atoms with Gasteiger partial charge in [-0.25, -0.2) is 4.39 Å². The predicted octanol–water partition coefficient (Wildman–Crippen LogP) is 2.38. The number of benzene rings is 1. The van der Waals surface area contributed by atoms with Crippen LogP contribution in [0.4, 0.5) is 4.39 Å². The molecule has 0 amide bonds. The first kappa shape index (κ1) is 11.1. The highest BCUT2D eigenvalue weighted by Gasteiger charge is 2.10. The topological polar surface area (TPSA) is 35.5 Å². The molecule has 0 aliphatic carbocycles. The monoisotopic (exact) mass is 262 g/mol. The summed E-state index contributed by atoms with van der Waals surface area (Å²) in [5, 5.41) is 0. The lowest BCUT2D eigenvalue weighted by Gasteiger charge is -2.08. The van der Waals surface area contributed by atoms with Crippen LogP contribution in [0.3, 0.4) is 0 Å². The molecule has 0 N–H and O–H groups in total. The number of ether oxygens (including phenoxy) is 2. The zero-order chi connectivity index (χ0) is 10.6. The first-order valence-electron chi connectivity index (χ1n) is 3.75. The SMILES string of the molecule is COCOc1c(F)cc(C=O)cc1Br. The van der Waals surface area contributed by atoms with Crippen LogP contribution in [0.2, 0.25) is 0 Å². The molecule has 0 saturated heterocycles. The fourth-order valence-corrected chi connectivity index (χ4v) is 1.47. The number of aldehydes is 1. The van der Waals surface area contributed by atoms with Crippen molar-refractivity contribution < 1.29 is 18.7 Å². The van der Waals surface area contributed by atoms with Gasteiger partial charge in [0.2, 0.25) is 0 Å². The fraction of sp³-hybridized carbons (Fsp3) is 0.222. The number of carbonyl (C=O) groups is 1. The van der Waals surface area contributed by atoms with Crippen molar-refractivity contribution in [2.45, 2.75) is 0 Å². The van der Waals surface area contributed by atoms with Crippen molar-refractivity contribution in [3.05, 3.63) is 28.0 Å². The molecule has 0 aromatic heterocycles. The van der Waals surface area contributed by atoms with Crippen LogP contribution in [0.5, 0.6) is 5.75 Å². The fourth-order valence-electron chi connectivity index (χ4n) is 0.903. The van der Waals surface area contributed by atoms with Gasteiger partial charge in [-0.15, -0.1) is 0 Å². The van der Waals surface area contributed by atoms with Crippen LogP contribution >= 0.6 is 15.9 Å². The summed E-state index contributed by atoms with van der Waals surface area (Å²) in [6, 6.07) is 2.57. The molecule has 76 valence electrons. The zero-order valence-corrected chi connectivity index (χ0v) is 9.01. The number of halogens is 2. The highest BCUT2D eigenvalue weighted by Crippen LogP contribution is 2.29. The Kier molecular flexibility index (Phi) is 4.03. The van der Waals surface area contributed by atoms with E-state index in [0.717, 1.165) is 6.07 Å². The normalized spacial score (nSPS) is 9.93. The molecule has 14 heavy (non-hydrogen) atoms. The van der Waals surface area contributed by atoms with Crippen molar-refractivity contribution in [1.82, 2.24) is 0 Å². The summed E-state index contributed by atoms with van der Waals surface area (Å²) in [5.74, 6) is -0.559. The average molecular weight is 263 g/mol. The van der Waals surface area contributed by atoms with Crippen molar-refractivity contribution in [3.63, 3.8) is 0 Å². The smallest absolute Gasteiger partial charge is 0.188 e. The average Bonchev–Trinajstić information content (AvgIpc) is 2.16. The first-order valence-corrected chi connectivity index (χ1v) is 4.54. The van der Waals surface area contributed by atoms with E-state index in [-0.39, 0.29) is 18.1 Å². The molecule has 1 aromatic carbocycles. The summed E-state index contributed by atoms with van der Waals surface area (Å²) >= 11 is 3.09. The molecule has 0 bridgehead atoms. The summed E-state index contributed by atoms with van der Waals surface area (Å²) in [6.07, 6.45) is 0.563. The molecule has 0 radical (unpaired) electrons. The summed E-state index contributed by atoms with van der Waals surface area (Å²) in [7, 11) is 1.44. The molecule has 0 aliphatic heterocycles. The van der Waals surface area contributed by atoms with Gasteiger partial charge in [0, 0.05) is 12.7 Å². The number of hydrogen-bond acceptors (Lipinski definition) is 3. The maximum atomic E-state index is 13.3. The van der Waals surface area contributed by atoms with Crippen molar-refractivity contribution in [1.29, 1.82) is 0 Å². The minimum atomic E-state index is -0.599. The summed E-state index contributed by atoms with van der Waals surface area (Å²) in [4.78, 5) is 10.4. The molecule has 0 atom stereocenters. The Morgan fingerprint density at radius 2 is 2.29 bits per heavy atom. The van der Waals surface area contributed by atoms with Gasteiger partial charge in [-0.3, -0.25) is 4.79 Å². The van der Waals surface area contributed by atoms with Crippen molar-refractivity contribution in [3.8, 4) is 5.75 Å². The lowest BCUT2D eigenvalue weighted by molar-refractivity contribution is 0.0477. The number of carbonyl (C=O) groups excluding carboxylic acids is 1. The molecule has 1 aromatic rings. The van der Waals surface area contributed by atoms with E-state index in [1.54, 1.807) is 0 Å². The van der Waals surface area contributed by atoms with E-state index in [9.17, 15) is 9.18 Å². The van der Waals surface area contributed by atoms with E-state index in [1.807, 2.05) is 0 Å². The third kappa shape index (κ3) is 2.52. The van der Waals surface area contributed by atoms with Crippen LogP contribution < -0.4 is 4.74 Å². The molecule has 0 aliphatic rings. The maximum Gasteiger partial charge on any atom is 0.188 e. The molecule has 1 rings (SSSR count). The van der Waals surface area contributed by atoms with Gasteiger partial charge in [-0.1, -0.05) is 0 Å². The van der Waals surface area contributed by atoms with Gasteiger partial charge in [0.25, 0.3) is 0 Å². The number of rotatable bonds is 4. The standard InChI is InChI=1S/C9H8BrFO3/c1-13-5-14-9-7(10)2-6(4-12)3-8(9)11/h2-4H,5H2,1H3. The summed E-state index contributed by atoms with van der Waals surface area (Å²) < 4.78 is 23.2.